The van der Waals surface area contributed by atoms with Crippen LogP contribution in [-0.2, 0) is 9.59 Å². The maximum absolute atomic E-state index is 10.9. The summed E-state index contributed by atoms with van der Waals surface area (Å²) in [7, 11) is 0. The van der Waals surface area contributed by atoms with E-state index in [-0.39, 0.29) is 5.69 Å². The van der Waals surface area contributed by atoms with Gasteiger partial charge in [-0.15, -0.1) is 0 Å². The van der Waals surface area contributed by atoms with E-state index in [0.717, 1.165) is 12.2 Å². The molecule has 0 aromatic carbocycles. The van der Waals surface area contributed by atoms with Crippen molar-refractivity contribution in [2.75, 3.05) is 0 Å². The van der Waals surface area contributed by atoms with E-state index < -0.39 is 17.5 Å². The number of H-pyrrole nitrogens is 1. The third-order valence-corrected chi connectivity index (χ3v) is 1.92. The molecule has 1 aromatic heterocycles. The first-order valence-electron chi connectivity index (χ1n) is 3.82. The van der Waals surface area contributed by atoms with E-state index in [9.17, 15) is 14.4 Å². The number of aromatic amines is 1. The highest BCUT2D eigenvalue weighted by molar-refractivity contribution is 6.57. The Kier molecular flexibility index (Phi) is 1.60. The van der Waals surface area contributed by atoms with Gasteiger partial charge < -0.3 is 10.1 Å². The summed E-state index contributed by atoms with van der Waals surface area (Å²) in [6.07, 6.45) is 2.23. The number of rotatable bonds is 1. The molecule has 0 atom stereocenters. The molecule has 0 bridgehead atoms. The van der Waals surface area contributed by atoms with Crippen molar-refractivity contribution in [2.24, 2.45) is 0 Å². The standard InChI is InChI=1S/C9H5NO4/c11-7-2-4-1-6(9(13)14)10-5(4)3-8(7)12/h1-3,10H,(H,13,14). The van der Waals surface area contributed by atoms with Crippen LogP contribution in [0.25, 0.3) is 12.2 Å². The highest BCUT2D eigenvalue weighted by atomic mass is 16.4. The number of fused-ring (bicyclic) bond motifs is 1. The molecular weight excluding hydrogens is 186 g/mol. The van der Waals surface area contributed by atoms with Crippen LogP contribution in [0.1, 0.15) is 10.5 Å². The van der Waals surface area contributed by atoms with Gasteiger partial charge >= 0.3 is 5.97 Å². The molecule has 14 heavy (non-hydrogen) atoms. The fourth-order valence-electron chi connectivity index (χ4n) is 1.26. The van der Waals surface area contributed by atoms with Crippen LogP contribution >= 0.6 is 0 Å². The molecule has 0 unspecified atom stereocenters. The largest absolute Gasteiger partial charge is 0.477 e. The van der Waals surface area contributed by atoms with Gasteiger partial charge in [0.2, 0.25) is 11.6 Å². The Morgan fingerprint density at radius 3 is 2.50 bits per heavy atom. The van der Waals surface area contributed by atoms with Gasteiger partial charge in [-0.3, -0.25) is 9.59 Å². The molecule has 0 fully saturated rings. The van der Waals surface area contributed by atoms with Crippen molar-refractivity contribution < 1.29 is 19.5 Å². The second-order valence-corrected chi connectivity index (χ2v) is 2.87. The summed E-state index contributed by atoms with van der Waals surface area (Å²) in [5.41, 5.74) is -0.0370. The molecule has 70 valence electrons. The van der Waals surface area contributed by atoms with Gasteiger partial charge in [-0.1, -0.05) is 0 Å². The lowest BCUT2D eigenvalue weighted by molar-refractivity contribution is -0.129. The first kappa shape index (κ1) is 8.43. The number of Topliss-reactive ketones (excluding diaryl/α,β-unsaturated/α-hetero) is 2. The van der Waals surface area contributed by atoms with Gasteiger partial charge in [0.15, 0.2) is 0 Å². The number of carbonyl (C=O) groups excluding carboxylic acids is 2. The number of ketones is 2. The Bertz CT molecular complexity index is 521. The highest BCUT2D eigenvalue weighted by Gasteiger charge is 2.14. The van der Waals surface area contributed by atoms with Gasteiger partial charge in [0.05, 0.1) is 5.35 Å². The van der Waals surface area contributed by atoms with Crippen LogP contribution in [0.3, 0.4) is 0 Å². The Balaban J connectivity index is 2.75. The first-order chi connectivity index (χ1) is 6.58. The average molecular weight is 191 g/mol. The Morgan fingerprint density at radius 2 is 1.86 bits per heavy atom. The van der Waals surface area contributed by atoms with E-state index in [4.69, 9.17) is 5.11 Å². The van der Waals surface area contributed by atoms with Gasteiger partial charge in [-0.2, -0.15) is 0 Å². The van der Waals surface area contributed by atoms with Crippen molar-refractivity contribution in [3.05, 3.63) is 22.3 Å². The molecule has 1 heterocycles. The normalized spacial score (nSPS) is 14.3. The minimum absolute atomic E-state index is 0.0370. The molecule has 0 saturated carbocycles. The lowest BCUT2D eigenvalue weighted by Crippen LogP contribution is -2.31. The lowest BCUT2D eigenvalue weighted by Gasteiger charge is -1.90. The second kappa shape index (κ2) is 2.66. The molecule has 0 amide bonds. The number of aromatic nitrogens is 1. The predicted octanol–water partition coefficient (Wildman–Crippen LogP) is -1.57. The van der Waals surface area contributed by atoms with Gasteiger partial charge in [0.25, 0.3) is 0 Å². The first-order valence-corrected chi connectivity index (χ1v) is 3.82. The van der Waals surface area contributed by atoms with E-state index in [1.54, 1.807) is 0 Å². The maximum atomic E-state index is 10.9. The zero-order valence-corrected chi connectivity index (χ0v) is 6.90. The van der Waals surface area contributed by atoms with Crippen LogP contribution in [0, 0.1) is 0 Å². The van der Waals surface area contributed by atoms with E-state index in [1.807, 2.05) is 0 Å². The molecule has 0 radical (unpaired) electrons. The number of carbonyl (C=O) groups is 3. The fourth-order valence-corrected chi connectivity index (χ4v) is 1.26. The summed E-state index contributed by atoms with van der Waals surface area (Å²) in [6.45, 7) is 0. The zero-order valence-electron chi connectivity index (χ0n) is 6.90. The summed E-state index contributed by atoms with van der Waals surface area (Å²) in [5.74, 6) is -2.40. The zero-order chi connectivity index (χ0) is 10.3. The number of aromatic carboxylic acids is 1. The van der Waals surface area contributed by atoms with Crippen LogP contribution in [0.5, 0.6) is 0 Å². The van der Waals surface area contributed by atoms with E-state index in [1.165, 1.54) is 6.07 Å². The van der Waals surface area contributed by atoms with Gasteiger partial charge in [0, 0.05) is 11.3 Å². The molecule has 0 saturated heterocycles. The molecule has 2 rings (SSSR count). The van der Waals surface area contributed by atoms with Crippen LogP contribution < -0.4 is 10.6 Å². The molecule has 0 aliphatic heterocycles. The predicted molar refractivity (Wildman–Crippen MR) is 45.9 cm³/mol. The molecule has 1 aromatic rings. The van der Waals surface area contributed by atoms with Gasteiger partial charge in [-0.25, -0.2) is 4.79 Å². The van der Waals surface area contributed by atoms with E-state index in [0.29, 0.717) is 10.6 Å². The van der Waals surface area contributed by atoms with Crippen LogP contribution in [0.2, 0.25) is 0 Å². The number of hydrogen-bond acceptors (Lipinski definition) is 3. The van der Waals surface area contributed by atoms with Crippen LogP contribution in [-0.4, -0.2) is 27.6 Å². The fraction of sp³-hybridized carbons (Fsp3) is 0. The summed E-state index contributed by atoms with van der Waals surface area (Å²) >= 11 is 0. The Labute approximate surface area is 77.4 Å². The molecule has 1 aliphatic rings. The molecule has 2 N–H and O–H groups in total. The maximum Gasteiger partial charge on any atom is 0.352 e. The molecule has 0 spiro atoms. The topological polar surface area (TPSA) is 87.2 Å². The lowest BCUT2D eigenvalue weighted by atomic mass is 10.1. The van der Waals surface area contributed by atoms with Crippen molar-refractivity contribution in [3.63, 3.8) is 0 Å². The van der Waals surface area contributed by atoms with Crippen LogP contribution in [0.4, 0.5) is 0 Å². The Morgan fingerprint density at radius 1 is 1.21 bits per heavy atom. The number of carboxylic acid groups (broad SMARTS) is 1. The summed E-state index contributed by atoms with van der Waals surface area (Å²) in [4.78, 5) is 34.9. The number of hydrogen-bond donors (Lipinski definition) is 2. The van der Waals surface area contributed by atoms with Crippen molar-refractivity contribution in [3.8, 4) is 0 Å². The SMILES string of the molecule is O=C1C=c2cc(C(=O)O)[nH]c2=CC1=O. The second-order valence-electron chi connectivity index (χ2n) is 2.87. The van der Waals surface area contributed by atoms with E-state index in [2.05, 4.69) is 4.98 Å². The van der Waals surface area contributed by atoms with Crippen molar-refractivity contribution in [1.29, 1.82) is 0 Å². The summed E-state index contributed by atoms with van der Waals surface area (Å²) in [5, 5.41) is 9.44. The third kappa shape index (κ3) is 1.15. The molecule has 5 nitrogen and oxygen atoms in total. The third-order valence-electron chi connectivity index (χ3n) is 1.92. The van der Waals surface area contributed by atoms with Gasteiger partial charge in [-0.05, 0) is 12.1 Å². The van der Waals surface area contributed by atoms with E-state index >= 15 is 0 Å². The summed E-state index contributed by atoms with van der Waals surface area (Å²) < 4.78 is 0. The quantitative estimate of drug-likeness (QED) is 0.525. The minimum atomic E-state index is -1.12. The van der Waals surface area contributed by atoms with Crippen molar-refractivity contribution in [2.45, 2.75) is 0 Å². The highest BCUT2D eigenvalue weighted by Crippen LogP contribution is 1.90. The van der Waals surface area contributed by atoms with Gasteiger partial charge in [0.1, 0.15) is 5.69 Å². The molecule has 5 heteroatoms. The van der Waals surface area contributed by atoms with Crippen molar-refractivity contribution >= 4 is 29.7 Å². The monoisotopic (exact) mass is 191 g/mol. The minimum Gasteiger partial charge on any atom is -0.477 e. The average Bonchev–Trinajstić information content (AvgIpc) is 2.48. The number of carboxylic acids is 1. The summed E-state index contributed by atoms with van der Waals surface area (Å²) in [6, 6.07) is 1.32. The smallest absolute Gasteiger partial charge is 0.352 e. The van der Waals surface area contributed by atoms with Crippen molar-refractivity contribution in [1.82, 2.24) is 4.98 Å². The Hall–Kier alpha value is -2.17. The molecule has 1 aliphatic carbocycles. The molecular formula is C9H5NO4. The number of nitrogens with one attached hydrogen (secondary N) is 1. The van der Waals surface area contributed by atoms with Crippen LogP contribution in [0.15, 0.2) is 6.07 Å².